The molecule has 0 radical (unpaired) electrons. The highest BCUT2D eigenvalue weighted by molar-refractivity contribution is 5.74. The van der Waals surface area contributed by atoms with Crippen molar-refractivity contribution in [2.75, 3.05) is 40.9 Å². The third-order valence-electron chi connectivity index (χ3n) is 6.80. The van der Waals surface area contributed by atoms with Crippen LogP contribution in [0.15, 0.2) is 18.2 Å². The fourth-order valence-electron chi connectivity index (χ4n) is 5.15. The lowest BCUT2D eigenvalue weighted by Gasteiger charge is -2.45. The van der Waals surface area contributed by atoms with Crippen molar-refractivity contribution in [1.82, 2.24) is 15.1 Å². The minimum Gasteiger partial charge on any atom is -0.493 e. The molecule has 3 rings (SSSR count). The molecule has 6 nitrogen and oxygen atoms in total. The number of rotatable bonds is 7. The lowest BCUT2D eigenvalue weighted by molar-refractivity contribution is 0.0484. The van der Waals surface area contributed by atoms with Crippen LogP contribution in [0.3, 0.4) is 0 Å². The lowest BCUT2D eigenvalue weighted by Crippen LogP contribution is -2.52. The van der Waals surface area contributed by atoms with Crippen LogP contribution in [0.25, 0.3) is 0 Å². The van der Waals surface area contributed by atoms with E-state index in [4.69, 9.17) is 9.47 Å². The van der Waals surface area contributed by atoms with Gasteiger partial charge in [0.25, 0.3) is 0 Å². The molecule has 0 saturated carbocycles. The summed E-state index contributed by atoms with van der Waals surface area (Å²) in [5.41, 5.74) is 1.03. The van der Waals surface area contributed by atoms with Gasteiger partial charge in [-0.3, -0.25) is 0 Å². The number of fused-ring (bicyclic) bond motifs is 1. The first-order valence-corrected chi connectivity index (χ1v) is 11.4. The van der Waals surface area contributed by atoms with Crippen LogP contribution in [0.5, 0.6) is 11.5 Å². The predicted molar refractivity (Wildman–Crippen MR) is 120 cm³/mol. The third-order valence-corrected chi connectivity index (χ3v) is 6.80. The van der Waals surface area contributed by atoms with Crippen molar-refractivity contribution in [3.63, 3.8) is 0 Å². The van der Waals surface area contributed by atoms with Crippen LogP contribution in [0.2, 0.25) is 0 Å². The van der Waals surface area contributed by atoms with Gasteiger partial charge in [-0.05, 0) is 68.3 Å². The number of piperidine rings is 2. The number of amides is 2. The van der Waals surface area contributed by atoms with E-state index in [0.717, 1.165) is 12.1 Å². The van der Waals surface area contributed by atoms with E-state index >= 15 is 0 Å². The molecule has 2 aliphatic rings. The van der Waals surface area contributed by atoms with Gasteiger partial charge in [-0.2, -0.15) is 0 Å². The zero-order valence-electron chi connectivity index (χ0n) is 19.3. The minimum absolute atomic E-state index is 0.00332. The first kappa shape index (κ1) is 22.7. The van der Waals surface area contributed by atoms with Crippen molar-refractivity contribution in [3.8, 4) is 11.5 Å². The molecule has 0 spiro atoms. The normalized spacial score (nSPS) is 22.9. The summed E-state index contributed by atoms with van der Waals surface area (Å²) in [5, 5.41) is 3.26. The first-order chi connectivity index (χ1) is 14.4. The maximum Gasteiger partial charge on any atom is 0.317 e. The molecule has 1 aromatic rings. The van der Waals surface area contributed by atoms with Gasteiger partial charge >= 0.3 is 6.03 Å². The SMILES string of the molecule is COc1ccc(C(NC(=O)N(C)CC2CCCN3CCCCC23)C(C)C)cc1OC. The molecule has 2 amide bonds. The molecular formula is C24H39N3O3. The molecule has 3 atom stereocenters. The van der Waals surface area contributed by atoms with E-state index in [-0.39, 0.29) is 18.0 Å². The molecule has 2 heterocycles. The van der Waals surface area contributed by atoms with Gasteiger partial charge < -0.3 is 24.6 Å². The Morgan fingerprint density at radius 1 is 1.13 bits per heavy atom. The summed E-state index contributed by atoms with van der Waals surface area (Å²) in [6, 6.07) is 6.43. The Morgan fingerprint density at radius 2 is 1.87 bits per heavy atom. The van der Waals surface area contributed by atoms with E-state index in [0.29, 0.717) is 23.5 Å². The number of hydrogen-bond acceptors (Lipinski definition) is 4. The van der Waals surface area contributed by atoms with E-state index < -0.39 is 0 Å². The molecule has 2 saturated heterocycles. The van der Waals surface area contributed by atoms with E-state index in [1.165, 1.54) is 45.2 Å². The van der Waals surface area contributed by atoms with Crippen LogP contribution in [0.1, 0.15) is 57.6 Å². The molecule has 0 aliphatic carbocycles. The second-order valence-corrected chi connectivity index (χ2v) is 9.17. The Morgan fingerprint density at radius 3 is 2.57 bits per heavy atom. The van der Waals surface area contributed by atoms with Gasteiger partial charge in [0, 0.05) is 19.6 Å². The molecule has 3 unspecified atom stereocenters. The number of hydrogen-bond donors (Lipinski definition) is 1. The van der Waals surface area contributed by atoms with Gasteiger partial charge in [-0.1, -0.05) is 26.3 Å². The Balaban J connectivity index is 1.66. The van der Waals surface area contributed by atoms with Gasteiger partial charge in [0.15, 0.2) is 11.5 Å². The van der Waals surface area contributed by atoms with Crippen molar-refractivity contribution in [2.24, 2.45) is 11.8 Å². The number of carbonyl (C=O) groups is 1. The number of nitrogens with zero attached hydrogens (tertiary/aromatic N) is 2. The van der Waals surface area contributed by atoms with Gasteiger partial charge in [0.1, 0.15) is 0 Å². The second kappa shape index (κ2) is 10.4. The number of nitrogens with one attached hydrogen (secondary N) is 1. The zero-order valence-corrected chi connectivity index (χ0v) is 19.3. The van der Waals surface area contributed by atoms with Crippen molar-refractivity contribution < 1.29 is 14.3 Å². The summed E-state index contributed by atoms with van der Waals surface area (Å²) in [6.45, 7) is 7.53. The van der Waals surface area contributed by atoms with E-state index in [9.17, 15) is 4.79 Å². The monoisotopic (exact) mass is 417 g/mol. The highest BCUT2D eigenvalue weighted by atomic mass is 16.5. The molecule has 2 aliphatic heterocycles. The summed E-state index contributed by atoms with van der Waals surface area (Å²) in [7, 11) is 5.20. The molecule has 30 heavy (non-hydrogen) atoms. The Labute approximate surface area is 181 Å². The summed E-state index contributed by atoms with van der Waals surface area (Å²) >= 11 is 0. The smallest absolute Gasteiger partial charge is 0.317 e. The van der Waals surface area contributed by atoms with Gasteiger partial charge in [-0.15, -0.1) is 0 Å². The van der Waals surface area contributed by atoms with Crippen LogP contribution < -0.4 is 14.8 Å². The van der Waals surface area contributed by atoms with Crippen LogP contribution in [-0.4, -0.2) is 62.8 Å². The molecule has 2 fully saturated rings. The van der Waals surface area contributed by atoms with Crippen LogP contribution >= 0.6 is 0 Å². The zero-order chi connectivity index (χ0) is 21.7. The van der Waals surface area contributed by atoms with E-state index in [1.54, 1.807) is 14.2 Å². The molecule has 0 bridgehead atoms. The summed E-state index contributed by atoms with van der Waals surface area (Å²) in [5.74, 6) is 2.21. The number of benzene rings is 1. The van der Waals surface area contributed by atoms with Crippen molar-refractivity contribution >= 4 is 6.03 Å². The van der Waals surface area contributed by atoms with Crippen LogP contribution in [0, 0.1) is 11.8 Å². The molecule has 1 aromatic carbocycles. The van der Waals surface area contributed by atoms with Gasteiger partial charge in [0.2, 0.25) is 0 Å². The first-order valence-electron chi connectivity index (χ1n) is 11.4. The Bertz CT molecular complexity index is 707. The van der Waals surface area contributed by atoms with Crippen LogP contribution in [0.4, 0.5) is 4.79 Å². The second-order valence-electron chi connectivity index (χ2n) is 9.17. The highest BCUT2D eigenvalue weighted by Gasteiger charge is 2.34. The average Bonchev–Trinajstić information content (AvgIpc) is 2.76. The highest BCUT2D eigenvalue weighted by Crippen LogP contribution is 2.33. The predicted octanol–water partition coefficient (Wildman–Crippen LogP) is 4.31. The third kappa shape index (κ3) is 5.20. The van der Waals surface area contributed by atoms with Crippen molar-refractivity contribution in [1.29, 1.82) is 0 Å². The standard InChI is InChI=1S/C24H39N3O3/c1-17(2)23(18-11-12-21(29-4)22(15-18)30-5)25-24(28)26(3)16-19-9-8-14-27-13-7-6-10-20(19)27/h11-12,15,17,19-20,23H,6-10,13-14,16H2,1-5H3,(H,25,28). The summed E-state index contributed by atoms with van der Waals surface area (Å²) in [4.78, 5) is 17.6. The molecular weight excluding hydrogens is 378 g/mol. The van der Waals surface area contributed by atoms with Gasteiger partial charge in [0.05, 0.1) is 20.3 Å². The fourth-order valence-corrected chi connectivity index (χ4v) is 5.15. The molecule has 6 heteroatoms. The number of urea groups is 1. The fraction of sp³-hybridized carbons (Fsp3) is 0.708. The Kier molecular flexibility index (Phi) is 7.87. The summed E-state index contributed by atoms with van der Waals surface area (Å²) in [6.07, 6.45) is 6.39. The van der Waals surface area contributed by atoms with Crippen molar-refractivity contribution in [3.05, 3.63) is 23.8 Å². The average molecular weight is 418 g/mol. The van der Waals surface area contributed by atoms with Crippen molar-refractivity contribution in [2.45, 2.75) is 58.0 Å². The van der Waals surface area contributed by atoms with Crippen LogP contribution in [-0.2, 0) is 0 Å². The number of methoxy groups -OCH3 is 2. The maximum atomic E-state index is 13.1. The minimum atomic E-state index is -0.0858. The van der Waals surface area contributed by atoms with E-state index in [2.05, 4.69) is 24.1 Å². The molecule has 168 valence electrons. The number of carbonyl (C=O) groups excluding carboxylic acids is 1. The lowest BCUT2D eigenvalue weighted by atomic mass is 9.83. The van der Waals surface area contributed by atoms with Gasteiger partial charge in [-0.25, -0.2) is 4.79 Å². The summed E-state index contributed by atoms with van der Waals surface area (Å²) < 4.78 is 10.8. The quantitative estimate of drug-likeness (QED) is 0.718. The number of ether oxygens (including phenoxy) is 2. The van der Waals surface area contributed by atoms with E-state index in [1.807, 2.05) is 30.1 Å². The molecule has 0 aromatic heterocycles. The topological polar surface area (TPSA) is 54.0 Å². The maximum absolute atomic E-state index is 13.1. The molecule has 1 N–H and O–H groups in total. The largest absolute Gasteiger partial charge is 0.493 e. The Hall–Kier alpha value is -1.95.